The maximum absolute atomic E-state index is 12.6. The molecule has 0 aliphatic rings. The third-order valence-electron chi connectivity index (χ3n) is 5.46. The molecular weight excluding hydrogens is 510 g/mol. The minimum absolute atomic E-state index is 0.0791. The fraction of sp³-hybridized carbons (Fsp3) is 0.259. The lowest BCUT2D eigenvalue weighted by Crippen LogP contribution is -2.14. The quantitative estimate of drug-likeness (QED) is 0.186. The number of hydrogen-bond donors (Lipinski definition) is 1. The Morgan fingerprint density at radius 1 is 1.14 bits per heavy atom. The first-order valence-electron chi connectivity index (χ1n) is 11.5. The molecule has 0 fully saturated rings. The maximum atomic E-state index is 12.6. The molecule has 0 saturated carbocycles. The number of thiazole rings is 1. The van der Waals surface area contributed by atoms with Crippen molar-refractivity contribution in [1.82, 2.24) is 19.7 Å². The maximum Gasteiger partial charge on any atom is 0.236 e. The van der Waals surface area contributed by atoms with Gasteiger partial charge in [0.1, 0.15) is 0 Å². The molecule has 4 rings (SSSR count). The smallest absolute Gasteiger partial charge is 0.236 e. The van der Waals surface area contributed by atoms with E-state index in [9.17, 15) is 4.79 Å². The number of rotatable bonds is 9. The lowest BCUT2D eigenvalue weighted by molar-refractivity contribution is -0.113. The van der Waals surface area contributed by atoms with Gasteiger partial charge in [0.2, 0.25) is 5.91 Å². The minimum atomic E-state index is -0.142. The van der Waals surface area contributed by atoms with Crippen molar-refractivity contribution in [3.63, 3.8) is 0 Å². The van der Waals surface area contributed by atoms with Crippen molar-refractivity contribution in [2.24, 2.45) is 0 Å². The van der Waals surface area contributed by atoms with Crippen molar-refractivity contribution in [2.45, 2.75) is 44.3 Å². The van der Waals surface area contributed by atoms with E-state index in [0.717, 1.165) is 28.2 Å². The summed E-state index contributed by atoms with van der Waals surface area (Å²) in [7, 11) is 0. The largest absolute Gasteiger partial charge is 0.301 e. The highest BCUT2D eigenvalue weighted by Crippen LogP contribution is 2.28. The van der Waals surface area contributed by atoms with Gasteiger partial charge in [0.05, 0.1) is 5.75 Å². The second-order valence-corrected chi connectivity index (χ2v) is 11.8. The second kappa shape index (κ2) is 11.4. The predicted octanol–water partition coefficient (Wildman–Crippen LogP) is 6.86. The summed E-state index contributed by atoms with van der Waals surface area (Å²) >= 11 is 8.76. The highest BCUT2D eigenvalue weighted by molar-refractivity contribution is 7.99. The number of thioether (sulfide) groups is 1. The van der Waals surface area contributed by atoms with Crippen LogP contribution in [-0.2, 0) is 23.2 Å². The summed E-state index contributed by atoms with van der Waals surface area (Å²) in [5.74, 6) is 0.811. The summed E-state index contributed by atoms with van der Waals surface area (Å²) in [6.07, 6.45) is 4.34. The molecule has 4 aromatic rings. The van der Waals surface area contributed by atoms with Crippen LogP contribution in [0, 0.1) is 0 Å². The van der Waals surface area contributed by atoms with Crippen molar-refractivity contribution in [3.05, 3.63) is 88.4 Å². The van der Waals surface area contributed by atoms with E-state index in [0.29, 0.717) is 21.9 Å². The molecule has 0 spiro atoms. The Hall–Kier alpha value is -2.94. The fourth-order valence-electron chi connectivity index (χ4n) is 3.56. The molecule has 6 nitrogen and oxygen atoms in total. The Balaban J connectivity index is 1.38. The van der Waals surface area contributed by atoms with Gasteiger partial charge in [0.15, 0.2) is 16.1 Å². The number of halogens is 1. The Morgan fingerprint density at radius 3 is 2.53 bits per heavy atom. The zero-order valence-corrected chi connectivity index (χ0v) is 22.9. The van der Waals surface area contributed by atoms with Gasteiger partial charge in [-0.2, -0.15) is 0 Å². The summed E-state index contributed by atoms with van der Waals surface area (Å²) < 4.78 is 1.98. The van der Waals surface area contributed by atoms with E-state index in [1.165, 1.54) is 28.7 Å². The van der Waals surface area contributed by atoms with Crippen molar-refractivity contribution in [2.75, 3.05) is 11.1 Å². The van der Waals surface area contributed by atoms with Gasteiger partial charge in [0.25, 0.3) is 0 Å². The van der Waals surface area contributed by atoms with Crippen LogP contribution in [0.3, 0.4) is 0 Å². The lowest BCUT2D eigenvalue weighted by atomic mass is 9.87. The first-order chi connectivity index (χ1) is 17.2. The normalized spacial score (nSPS) is 11.4. The van der Waals surface area contributed by atoms with Gasteiger partial charge in [-0.15, -0.1) is 28.1 Å². The number of nitrogens with zero attached hydrogens (tertiary/aromatic N) is 4. The van der Waals surface area contributed by atoms with Gasteiger partial charge in [-0.05, 0) is 28.7 Å². The molecule has 0 saturated heterocycles. The number of aromatic nitrogens is 4. The number of hydrogen-bond acceptors (Lipinski definition) is 6. The number of nitrogens with one attached hydrogen (secondary N) is 1. The first kappa shape index (κ1) is 26.1. The molecule has 9 heteroatoms. The molecule has 186 valence electrons. The summed E-state index contributed by atoms with van der Waals surface area (Å²) in [6.45, 7) is 11.0. The Labute approximate surface area is 224 Å². The molecule has 0 aliphatic heterocycles. The van der Waals surface area contributed by atoms with E-state index < -0.39 is 0 Å². The summed E-state index contributed by atoms with van der Waals surface area (Å²) in [4.78, 5) is 18.0. The molecular formula is C27H28ClN5OS2. The monoisotopic (exact) mass is 537 g/mol. The first-order valence-corrected chi connectivity index (χ1v) is 13.7. The number of carbonyl (C=O) groups is 1. The van der Waals surface area contributed by atoms with E-state index in [1.54, 1.807) is 12.3 Å². The molecule has 1 N–H and O–H groups in total. The zero-order chi connectivity index (χ0) is 25.7. The van der Waals surface area contributed by atoms with Gasteiger partial charge in [-0.1, -0.05) is 86.6 Å². The van der Waals surface area contributed by atoms with E-state index in [4.69, 9.17) is 11.6 Å². The van der Waals surface area contributed by atoms with Crippen molar-refractivity contribution in [1.29, 1.82) is 0 Å². The van der Waals surface area contributed by atoms with Crippen LogP contribution >= 0.6 is 34.7 Å². The standard InChI is InChI=1S/C27H28ClN5OS2/c1-5-14-33-24(19-8-10-20(11-9-19)27(2,3)4)31-32-26(33)35-17-23(34)30-25-29-16-22(36-25)15-18-6-12-21(28)13-7-18/h5-13,16H,1,14-15,17H2,2-4H3,(H,29,30,34). The molecule has 0 atom stereocenters. The van der Waals surface area contributed by atoms with Crippen LogP contribution in [0.2, 0.25) is 5.02 Å². The number of amides is 1. The van der Waals surface area contributed by atoms with Crippen LogP contribution < -0.4 is 5.32 Å². The fourth-order valence-corrected chi connectivity index (χ4v) is 5.29. The topological polar surface area (TPSA) is 72.7 Å². The lowest BCUT2D eigenvalue weighted by Gasteiger charge is -2.19. The van der Waals surface area contributed by atoms with Gasteiger partial charge in [-0.3, -0.25) is 9.36 Å². The van der Waals surface area contributed by atoms with E-state index >= 15 is 0 Å². The summed E-state index contributed by atoms with van der Waals surface area (Å²) in [5.41, 5.74) is 3.45. The molecule has 2 aromatic carbocycles. The summed E-state index contributed by atoms with van der Waals surface area (Å²) in [6, 6.07) is 16.1. The van der Waals surface area contributed by atoms with Crippen LogP contribution in [0.25, 0.3) is 11.4 Å². The van der Waals surface area contributed by atoms with Crippen molar-refractivity contribution < 1.29 is 4.79 Å². The predicted molar refractivity (Wildman–Crippen MR) is 150 cm³/mol. The molecule has 1 amide bonds. The molecule has 36 heavy (non-hydrogen) atoms. The number of allylic oxidation sites excluding steroid dienone is 1. The van der Waals surface area contributed by atoms with Crippen LogP contribution in [0.1, 0.15) is 36.8 Å². The molecule has 0 radical (unpaired) electrons. The Kier molecular flexibility index (Phi) is 8.28. The average molecular weight is 538 g/mol. The molecule has 2 aromatic heterocycles. The highest BCUT2D eigenvalue weighted by Gasteiger charge is 2.18. The van der Waals surface area contributed by atoms with Crippen LogP contribution in [0.15, 0.2) is 72.5 Å². The molecule has 2 heterocycles. The molecule has 0 bridgehead atoms. The third-order valence-corrected chi connectivity index (χ3v) is 7.59. The minimum Gasteiger partial charge on any atom is -0.301 e. The SMILES string of the molecule is C=CCn1c(SCC(=O)Nc2ncc(Cc3ccc(Cl)cc3)s2)nnc1-c1ccc(C(C)(C)C)cc1. The van der Waals surface area contributed by atoms with Crippen LogP contribution in [0.4, 0.5) is 5.13 Å². The van der Waals surface area contributed by atoms with Gasteiger partial charge in [0, 0.05) is 34.6 Å². The Morgan fingerprint density at radius 2 is 1.86 bits per heavy atom. The highest BCUT2D eigenvalue weighted by atomic mass is 35.5. The zero-order valence-electron chi connectivity index (χ0n) is 20.5. The number of benzene rings is 2. The summed E-state index contributed by atoms with van der Waals surface area (Å²) in [5, 5.41) is 13.6. The van der Waals surface area contributed by atoms with Gasteiger partial charge in [-0.25, -0.2) is 4.98 Å². The van der Waals surface area contributed by atoms with Gasteiger partial charge < -0.3 is 5.32 Å². The van der Waals surface area contributed by atoms with Crippen LogP contribution in [-0.4, -0.2) is 31.4 Å². The number of carbonyl (C=O) groups excluding carboxylic acids is 1. The molecule has 0 unspecified atom stereocenters. The van der Waals surface area contributed by atoms with E-state index in [2.05, 4.69) is 72.1 Å². The molecule has 0 aliphatic carbocycles. The number of anilines is 1. The Bertz CT molecular complexity index is 1340. The average Bonchev–Trinajstić information content (AvgIpc) is 3.45. The van der Waals surface area contributed by atoms with Crippen molar-refractivity contribution >= 4 is 45.7 Å². The van der Waals surface area contributed by atoms with Crippen molar-refractivity contribution in [3.8, 4) is 11.4 Å². The van der Waals surface area contributed by atoms with Gasteiger partial charge >= 0.3 is 0 Å². The third kappa shape index (κ3) is 6.63. The van der Waals surface area contributed by atoms with Crippen LogP contribution in [0.5, 0.6) is 0 Å². The van der Waals surface area contributed by atoms with E-state index in [-0.39, 0.29) is 17.1 Å². The van der Waals surface area contributed by atoms with E-state index in [1.807, 2.05) is 28.8 Å². The second-order valence-electron chi connectivity index (χ2n) is 9.30.